The van der Waals surface area contributed by atoms with Crippen LogP contribution < -0.4 is 0 Å². The number of alkyl halides is 6. The van der Waals surface area contributed by atoms with Crippen LogP contribution in [0.4, 0.5) is 26.3 Å². The molecule has 0 bridgehead atoms. The number of ether oxygens (including phenoxy) is 1. The normalized spacial score (nSPS) is 23.4. The molecule has 0 radical (unpaired) electrons. The summed E-state index contributed by atoms with van der Waals surface area (Å²) in [5.41, 5.74) is -2.79. The molecule has 2 aliphatic heterocycles. The summed E-state index contributed by atoms with van der Waals surface area (Å²) in [7, 11) is 0. The van der Waals surface area contributed by atoms with Gasteiger partial charge in [0.2, 0.25) is 0 Å². The van der Waals surface area contributed by atoms with E-state index in [9.17, 15) is 31.1 Å². The quantitative estimate of drug-likeness (QED) is 0.395. The average Bonchev–Trinajstić information content (AvgIpc) is 2.87. The molecule has 12 heteroatoms. The van der Waals surface area contributed by atoms with Crippen LogP contribution in [0.2, 0.25) is 5.02 Å². The van der Waals surface area contributed by atoms with E-state index in [2.05, 4.69) is 9.80 Å². The maximum atomic E-state index is 13.5. The van der Waals surface area contributed by atoms with Crippen LogP contribution >= 0.6 is 11.6 Å². The van der Waals surface area contributed by atoms with E-state index in [4.69, 9.17) is 16.3 Å². The number of morpholine rings is 1. The van der Waals surface area contributed by atoms with Crippen LogP contribution in [-0.4, -0.2) is 84.7 Å². The van der Waals surface area contributed by atoms with Gasteiger partial charge in [0.15, 0.2) is 0 Å². The summed E-state index contributed by atoms with van der Waals surface area (Å²) in [6.45, 7) is 8.17. The van der Waals surface area contributed by atoms with Gasteiger partial charge in [-0.15, -0.1) is 0 Å². The van der Waals surface area contributed by atoms with Gasteiger partial charge in [0.05, 0.1) is 23.3 Å². The van der Waals surface area contributed by atoms with Crippen molar-refractivity contribution in [1.82, 2.24) is 14.7 Å². The van der Waals surface area contributed by atoms with E-state index in [0.717, 1.165) is 25.2 Å². The van der Waals surface area contributed by atoms with Crippen molar-refractivity contribution in [2.75, 3.05) is 45.8 Å². The Hall–Kier alpha value is -2.34. The Kier molecular flexibility index (Phi) is 9.38. The molecule has 2 saturated heterocycles. The number of halogens is 7. The molecule has 2 fully saturated rings. The first-order valence-electron chi connectivity index (χ1n) is 13.1. The molecular formula is C28H32ClF6N3O2. The molecule has 1 amide bonds. The van der Waals surface area contributed by atoms with Crippen molar-refractivity contribution >= 4 is 17.5 Å². The van der Waals surface area contributed by atoms with Crippen LogP contribution in [0.5, 0.6) is 0 Å². The summed E-state index contributed by atoms with van der Waals surface area (Å²) in [4.78, 5) is 19.4. The highest BCUT2D eigenvalue weighted by Gasteiger charge is 2.39. The Balaban J connectivity index is 1.56. The molecule has 2 aromatic rings. The van der Waals surface area contributed by atoms with Crippen molar-refractivity contribution in [2.45, 2.75) is 50.9 Å². The first-order chi connectivity index (χ1) is 18.7. The number of hydrogen-bond donors (Lipinski definition) is 0. The number of piperazine rings is 1. The van der Waals surface area contributed by atoms with Gasteiger partial charge in [-0.1, -0.05) is 23.7 Å². The summed E-state index contributed by atoms with van der Waals surface area (Å²) in [5.74, 6) is -0.856. The molecule has 2 aliphatic rings. The van der Waals surface area contributed by atoms with Crippen molar-refractivity contribution in [2.24, 2.45) is 0 Å². The van der Waals surface area contributed by atoms with Gasteiger partial charge < -0.3 is 9.64 Å². The predicted molar refractivity (Wildman–Crippen MR) is 139 cm³/mol. The fourth-order valence-corrected chi connectivity index (χ4v) is 5.58. The molecule has 3 atom stereocenters. The third-order valence-electron chi connectivity index (χ3n) is 7.27. The smallest absolute Gasteiger partial charge is 0.373 e. The lowest BCUT2D eigenvalue weighted by molar-refractivity contribution is -0.143. The van der Waals surface area contributed by atoms with E-state index in [1.165, 1.54) is 4.90 Å². The standard InChI is InChI=1S/C28H32ClF6N3O2/c1-18-15-37(16-19(2)40-18)8-7-36-9-10-38(25(17-36)11-20-3-5-24(29)6-4-20)26(39)21-12-22(27(30,31)32)14-23(13-21)28(33,34)35/h3-6,12-14,18-19,25H,7-11,15-17H2,1-2H3/t18?,19?,25-/m1/s1. The molecule has 0 aliphatic carbocycles. The lowest BCUT2D eigenvalue weighted by atomic mass is 9.99. The van der Waals surface area contributed by atoms with Gasteiger partial charge >= 0.3 is 12.4 Å². The zero-order valence-corrected chi connectivity index (χ0v) is 23.0. The maximum Gasteiger partial charge on any atom is 0.416 e. The molecule has 2 aromatic carbocycles. The van der Waals surface area contributed by atoms with E-state index >= 15 is 0 Å². The highest BCUT2D eigenvalue weighted by atomic mass is 35.5. The molecule has 0 saturated carbocycles. The number of rotatable bonds is 6. The maximum absolute atomic E-state index is 13.5. The van der Waals surface area contributed by atoms with Crippen LogP contribution in [0.25, 0.3) is 0 Å². The molecular weight excluding hydrogens is 560 g/mol. The summed E-state index contributed by atoms with van der Waals surface area (Å²) in [6.07, 6.45) is -9.47. The number of carbonyl (C=O) groups excluding carboxylic acids is 1. The zero-order chi connectivity index (χ0) is 29.2. The number of benzene rings is 2. The second-order valence-electron chi connectivity index (χ2n) is 10.6. The minimum absolute atomic E-state index is 0.0350. The van der Waals surface area contributed by atoms with Crippen molar-refractivity contribution in [3.8, 4) is 0 Å². The van der Waals surface area contributed by atoms with E-state index in [0.29, 0.717) is 43.2 Å². The van der Waals surface area contributed by atoms with Gasteiger partial charge in [-0.25, -0.2) is 0 Å². The Labute approximate surface area is 234 Å². The van der Waals surface area contributed by atoms with E-state index in [1.54, 1.807) is 24.3 Å². The van der Waals surface area contributed by atoms with Gasteiger partial charge in [0.25, 0.3) is 5.91 Å². The number of carbonyl (C=O) groups is 1. The SMILES string of the molecule is CC1CN(CCN2CCN(C(=O)c3cc(C(F)(F)F)cc(C(F)(F)F)c3)[C@H](Cc3ccc(Cl)cc3)C2)CC(C)O1. The first-order valence-corrected chi connectivity index (χ1v) is 13.5. The second kappa shape index (κ2) is 12.3. The second-order valence-corrected chi connectivity index (χ2v) is 11.0. The van der Waals surface area contributed by atoms with Gasteiger partial charge in [-0.05, 0) is 56.2 Å². The molecule has 2 unspecified atom stereocenters. The Bertz CT molecular complexity index is 1130. The molecule has 40 heavy (non-hydrogen) atoms. The zero-order valence-electron chi connectivity index (χ0n) is 22.2. The van der Waals surface area contributed by atoms with Crippen LogP contribution in [0, 0.1) is 0 Å². The van der Waals surface area contributed by atoms with Crippen LogP contribution in [0.3, 0.4) is 0 Å². The molecule has 4 rings (SSSR count). The highest BCUT2D eigenvalue weighted by Crippen LogP contribution is 2.37. The number of amides is 1. The fraction of sp³-hybridized carbons (Fsp3) is 0.536. The summed E-state index contributed by atoms with van der Waals surface area (Å²) >= 11 is 6.01. The Morgan fingerprint density at radius 2 is 1.40 bits per heavy atom. The molecule has 0 N–H and O–H groups in total. The van der Waals surface area contributed by atoms with Crippen LogP contribution in [0.1, 0.15) is 40.9 Å². The Morgan fingerprint density at radius 1 is 0.850 bits per heavy atom. The molecule has 5 nitrogen and oxygen atoms in total. The van der Waals surface area contributed by atoms with E-state index in [-0.39, 0.29) is 24.8 Å². The monoisotopic (exact) mass is 591 g/mol. The van der Waals surface area contributed by atoms with Crippen molar-refractivity contribution in [1.29, 1.82) is 0 Å². The van der Waals surface area contributed by atoms with Crippen molar-refractivity contribution in [3.05, 3.63) is 69.7 Å². The Morgan fingerprint density at radius 3 is 1.95 bits per heavy atom. The van der Waals surface area contributed by atoms with Gasteiger partial charge in [0.1, 0.15) is 0 Å². The minimum atomic E-state index is -5.04. The fourth-order valence-electron chi connectivity index (χ4n) is 5.45. The van der Waals surface area contributed by atoms with Crippen LogP contribution in [-0.2, 0) is 23.5 Å². The van der Waals surface area contributed by atoms with Crippen LogP contribution in [0.15, 0.2) is 42.5 Å². The highest BCUT2D eigenvalue weighted by molar-refractivity contribution is 6.30. The van der Waals surface area contributed by atoms with Crippen molar-refractivity contribution < 1.29 is 35.9 Å². The molecule has 0 spiro atoms. The topological polar surface area (TPSA) is 36.0 Å². The lowest BCUT2D eigenvalue weighted by Gasteiger charge is -2.43. The van der Waals surface area contributed by atoms with E-state index in [1.807, 2.05) is 13.8 Å². The molecule has 0 aromatic heterocycles. The number of hydrogen-bond acceptors (Lipinski definition) is 4. The van der Waals surface area contributed by atoms with Gasteiger partial charge in [0, 0.05) is 62.4 Å². The summed E-state index contributed by atoms with van der Waals surface area (Å²) in [6, 6.07) is 7.58. The number of nitrogens with zero attached hydrogens (tertiary/aromatic N) is 3. The largest absolute Gasteiger partial charge is 0.416 e. The molecule has 220 valence electrons. The lowest BCUT2D eigenvalue weighted by Crippen LogP contribution is -2.57. The molecule has 2 heterocycles. The predicted octanol–water partition coefficient (Wildman–Crippen LogP) is 5.86. The average molecular weight is 592 g/mol. The third-order valence-corrected chi connectivity index (χ3v) is 7.53. The third kappa shape index (κ3) is 7.90. The summed E-state index contributed by atoms with van der Waals surface area (Å²) in [5, 5.41) is 0.527. The van der Waals surface area contributed by atoms with Gasteiger partial charge in [-0.3, -0.25) is 14.6 Å². The van der Waals surface area contributed by atoms with E-state index < -0.39 is 41.0 Å². The van der Waals surface area contributed by atoms with Gasteiger partial charge in [-0.2, -0.15) is 26.3 Å². The summed E-state index contributed by atoms with van der Waals surface area (Å²) < 4.78 is 86.5. The first kappa shape index (κ1) is 30.6. The minimum Gasteiger partial charge on any atom is -0.373 e. The van der Waals surface area contributed by atoms with Crippen molar-refractivity contribution in [3.63, 3.8) is 0 Å².